The molecular weight excluding hydrogens is 216 g/mol. The summed E-state index contributed by atoms with van der Waals surface area (Å²) in [7, 11) is 0. The van der Waals surface area contributed by atoms with Crippen LogP contribution in [0.1, 0.15) is 24.3 Å². The van der Waals surface area contributed by atoms with Crippen molar-refractivity contribution in [3.63, 3.8) is 0 Å². The van der Waals surface area contributed by atoms with Crippen LogP contribution in [0.4, 0.5) is 5.82 Å². The molecule has 0 spiro atoms. The summed E-state index contributed by atoms with van der Waals surface area (Å²) in [6.07, 6.45) is 5.35. The average Bonchev–Trinajstić information content (AvgIpc) is 2.40. The molecule has 3 heterocycles. The molecule has 1 saturated heterocycles. The first-order chi connectivity index (χ1) is 8.36. The van der Waals surface area contributed by atoms with Crippen molar-refractivity contribution in [2.75, 3.05) is 18.9 Å². The van der Waals surface area contributed by atoms with E-state index in [1.807, 2.05) is 6.07 Å². The minimum atomic E-state index is 0.448. The van der Waals surface area contributed by atoms with Crippen LogP contribution in [0, 0.1) is 0 Å². The summed E-state index contributed by atoms with van der Waals surface area (Å²) in [5.41, 5.74) is 8.62. The molecule has 0 aliphatic carbocycles. The molecule has 0 bridgehead atoms. The van der Waals surface area contributed by atoms with Crippen LogP contribution < -0.4 is 5.73 Å². The lowest BCUT2D eigenvalue weighted by Gasteiger charge is -2.22. The van der Waals surface area contributed by atoms with E-state index in [-0.39, 0.29) is 0 Å². The van der Waals surface area contributed by atoms with Crippen LogP contribution in [0.25, 0.3) is 11.0 Å². The molecule has 3 rings (SSSR count). The molecule has 17 heavy (non-hydrogen) atoms. The Kier molecular flexibility index (Phi) is 2.60. The van der Waals surface area contributed by atoms with Gasteiger partial charge in [0, 0.05) is 19.4 Å². The molecule has 2 aromatic rings. The van der Waals surface area contributed by atoms with Gasteiger partial charge in [-0.15, -0.1) is 0 Å². The summed E-state index contributed by atoms with van der Waals surface area (Å²) in [6, 6.07) is 2.03. The predicted octanol–water partition coefficient (Wildman–Crippen LogP) is 1.50. The zero-order valence-electron chi connectivity index (χ0n) is 9.47. The monoisotopic (exact) mass is 230 g/mol. The molecule has 5 heteroatoms. The summed E-state index contributed by atoms with van der Waals surface area (Å²) >= 11 is 0. The van der Waals surface area contributed by atoms with Gasteiger partial charge in [-0.2, -0.15) is 0 Å². The Balaban J connectivity index is 2.12. The number of nitrogen functional groups attached to an aromatic ring is 1. The molecule has 1 fully saturated rings. The molecule has 0 aromatic carbocycles. The highest BCUT2D eigenvalue weighted by Gasteiger charge is 2.19. The number of ether oxygens (including phenoxy) is 1. The van der Waals surface area contributed by atoms with Crippen LogP contribution in [0.2, 0.25) is 0 Å². The lowest BCUT2D eigenvalue weighted by atomic mass is 9.91. The van der Waals surface area contributed by atoms with Crippen LogP contribution in [-0.4, -0.2) is 28.2 Å². The first-order valence-electron chi connectivity index (χ1n) is 5.79. The Morgan fingerprint density at radius 3 is 2.76 bits per heavy atom. The molecule has 1 aliphatic heterocycles. The lowest BCUT2D eigenvalue weighted by Crippen LogP contribution is -2.15. The number of hydrogen-bond donors (Lipinski definition) is 1. The number of aromatic nitrogens is 3. The van der Waals surface area contributed by atoms with Crippen LogP contribution in [-0.2, 0) is 4.74 Å². The maximum Gasteiger partial charge on any atom is 0.153 e. The van der Waals surface area contributed by atoms with Crippen molar-refractivity contribution < 1.29 is 4.74 Å². The highest BCUT2D eigenvalue weighted by Crippen LogP contribution is 2.31. The maximum atomic E-state index is 5.82. The molecule has 2 aromatic heterocycles. The number of hydrogen-bond acceptors (Lipinski definition) is 5. The Hall–Kier alpha value is -1.75. The minimum absolute atomic E-state index is 0.448. The van der Waals surface area contributed by atoms with Gasteiger partial charge in [-0.1, -0.05) is 0 Å². The summed E-state index contributed by atoms with van der Waals surface area (Å²) in [5.74, 6) is 0.937. The third-order valence-corrected chi connectivity index (χ3v) is 3.24. The second kappa shape index (κ2) is 4.25. The molecule has 0 atom stereocenters. The summed E-state index contributed by atoms with van der Waals surface area (Å²) in [6.45, 7) is 1.63. The van der Waals surface area contributed by atoms with Crippen molar-refractivity contribution in [1.29, 1.82) is 0 Å². The van der Waals surface area contributed by atoms with Gasteiger partial charge in [0.15, 0.2) is 5.82 Å². The van der Waals surface area contributed by atoms with Crippen LogP contribution in [0.15, 0.2) is 18.6 Å². The van der Waals surface area contributed by atoms with E-state index in [0.717, 1.165) is 31.6 Å². The third kappa shape index (κ3) is 1.82. The topological polar surface area (TPSA) is 73.9 Å². The van der Waals surface area contributed by atoms with Crippen molar-refractivity contribution >= 4 is 16.9 Å². The first kappa shape index (κ1) is 10.4. The molecule has 0 amide bonds. The number of pyridine rings is 1. The van der Waals surface area contributed by atoms with E-state index < -0.39 is 0 Å². The van der Waals surface area contributed by atoms with Gasteiger partial charge >= 0.3 is 0 Å². The first-order valence-corrected chi connectivity index (χ1v) is 5.79. The SMILES string of the molecule is Nc1ncnc2c(C3CCOCC3)ccnc12. The zero-order chi connectivity index (χ0) is 11.7. The van der Waals surface area contributed by atoms with Crippen LogP contribution in [0.5, 0.6) is 0 Å². The standard InChI is InChI=1S/C12H14N4O/c13-12-11-10(15-7-16-12)9(1-4-14-11)8-2-5-17-6-3-8/h1,4,7-8H,2-3,5-6H2,(H2,13,15,16). The second-order valence-electron chi connectivity index (χ2n) is 4.24. The van der Waals surface area contributed by atoms with E-state index in [4.69, 9.17) is 10.5 Å². The minimum Gasteiger partial charge on any atom is -0.382 e. The Morgan fingerprint density at radius 1 is 1.12 bits per heavy atom. The summed E-state index contributed by atoms with van der Waals surface area (Å²) in [4.78, 5) is 12.6. The Morgan fingerprint density at radius 2 is 1.94 bits per heavy atom. The van der Waals surface area contributed by atoms with Gasteiger partial charge < -0.3 is 10.5 Å². The molecule has 2 N–H and O–H groups in total. The van der Waals surface area contributed by atoms with E-state index in [0.29, 0.717) is 17.3 Å². The number of rotatable bonds is 1. The fraction of sp³-hybridized carbons (Fsp3) is 0.417. The largest absolute Gasteiger partial charge is 0.382 e. The second-order valence-corrected chi connectivity index (χ2v) is 4.24. The van der Waals surface area contributed by atoms with E-state index in [9.17, 15) is 0 Å². The quantitative estimate of drug-likeness (QED) is 0.803. The summed E-state index contributed by atoms with van der Waals surface area (Å²) < 4.78 is 5.38. The van der Waals surface area contributed by atoms with Crippen molar-refractivity contribution in [2.24, 2.45) is 0 Å². The van der Waals surface area contributed by atoms with E-state index in [1.165, 1.54) is 11.9 Å². The number of nitrogens with zero attached hydrogens (tertiary/aromatic N) is 3. The van der Waals surface area contributed by atoms with Crippen molar-refractivity contribution in [3.05, 3.63) is 24.2 Å². The van der Waals surface area contributed by atoms with Gasteiger partial charge in [0.2, 0.25) is 0 Å². The molecule has 0 saturated carbocycles. The summed E-state index contributed by atoms with van der Waals surface area (Å²) in [5, 5.41) is 0. The van der Waals surface area contributed by atoms with E-state index in [1.54, 1.807) is 6.20 Å². The fourth-order valence-electron chi connectivity index (χ4n) is 2.34. The molecule has 0 unspecified atom stereocenters. The Labute approximate surface area is 99.0 Å². The van der Waals surface area contributed by atoms with Gasteiger partial charge in [0.1, 0.15) is 11.8 Å². The predicted molar refractivity (Wildman–Crippen MR) is 64.5 cm³/mol. The van der Waals surface area contributed by atoms with Crippen molar-refractivity contribution in [3.8, 4) is 0 Å². The molecule has 88 valence electrons. The van der Waals surface area contributed by atoms with Gasteiger partial charge in [-0.05, 0) is 30.4 Å². The molecule has 1 aliphatic rings. The maximum absolute atomic E-state index is 5.82. The van der Waals surface area contributed by atoms with Crippen molar-refractivity contribution in [1.82, 2.24) is 15.0 Å². The molecule has 0 radical (unpaired) electrons. The van der Waals surface area contributed by atoms with Crippen LogP contribution >= 0.6 is 0 Å². The Bertz CT molecular complexity index is 537. The van der Waals surface area contributed by atoms with E-state index >= 15 is 0 Å². The molecule has 5 nitrogen and oxygen atoms in total. The fourth-order valence-corrected chi connectivity index (χ4v) is 2.34. The van der Waals surface area contributed by atoms with Gasteiger partial charge in [-0.3, -0.25) is 4.98 Å². The highest BCUT2D eigenvalue weighted by atomic mass is 16.5. The van der Waals surface area contributed by atoms with Crippen LogP contribution in [0.3, 0.4) is 0 Å². The average molecular weight is 230 g/mol. The van der Waals surface area contributed by atoms with Crippen molar-refractivity contribution in [2.45, 2.75) is 18.8 Å². The highest BCUT2D eigenvalue weighted by molar-refractivity contribution is 5.86. The van der Waals surface area contributed by atoms with Gasteiger partial charge in [0.05, 0.1) is 5.52 Å². The van der Waals surface area contributed by atoms with Gasteiger partial charge in [-0.25, -0.2) is 9.97 Å². The van der Waals surface area contributed by atoms with E-state index in [2.05, 4.69) is 15.0 Å². The van der Waals surface area contributed by atoms with Gasteiger partial charge in [0.25, 0.3) is 0 Å². The zero-order valence-corrected chi connectivity index (χ0v) is 9.47. The number of nitrogens with two attached hydrogens (primary N) is 1. The molecular formula is C12H14N4O. The smallest absolute Gasteiger partial charge is 0.153 e. The number of anilines is 1. The normalized spacial score (nSPS) is 17.4. The lowest BCUT2D eigenvalue weighted by molar-refractivity contribution is 0.0855. The number of fused-ring (bicyclic) bond motifs is 1. The third-order valence-electron chi connectivity index (χ3n) is 3.24.